The SMILES string of the molecule is C=C[C@@H]1c2c(cc(OCc3ccccc3)cc2OCc2ccccc2)CCN1C(=O)CNC(=O)OC(C)(C)C. The number of rotatable bonds is 9. The van der Waals surface area contributed by atoms with Gasteiger partial charge in [-0.05, 0) is 49.9 Å². The van der Waals surface area contributed by atoms with Crippen LogP contribution in [0, 0.1) is 0 Å². The molecule has 7 nitrogen and oxygen atoms in total. The third-order valence-electron chi connectivity index (χ3n) is 6.27. The molecule has 0 bridgehead atoms. The van der Waals surface area contributed by atoms with Crippen LogP contribution in [0.2, 0.25) is 0 Å². The largest absolute Gasteiger partial charge is 0.489 e. The van der Waals surface area contributed by atoms with E-state index in [9.17, 15) is 9.59 Å². The number of amides is 2. The topological polar surface area (TPSA) is 77.1 Å². The molecule has 1 N–H and O–H groups in total. The molecule has 1 aliphatic rings. The molecule has 1 atom stereocenters. The van der Waals surface area contributed by atoms with E-state index < -0.39 is 17.7 Å². The van der Waals surface area contributed by atoms with Gasteiger partial charge in [0.1, 0.15) is 36.9 Å². The highest BCUT2D eigenvalue weighted by atomic mass is 16.6. The van der Waals surface area contributed by atoms with Gasteiger partial charge in [0.25, 0.3) is 0 Å². The minimum atomic E-state index is -0.647. The molecule has 1 heterocycles. The summed E-state index contributed by atoms with van der Waals surface area (Å²) in [6, 6.07) is 23.4. The Kier molecular flexibility index (Phi) is 8.92. The molecule has 0 aliphatic carbocycles. The predicted molar refractivity (Wildman–Crippen MR) is 151 cm³/mol. The Hall–Kier alpha value is -4.26. The minimum Gasteiger partial charge on any atom is -0.489 e. The van der Waals surface area contributed by atoms with Crippen molar-refractivity contribution in [1.29, 1.82) is 0 Å². The normalized spacial score (nSPS) is 14.6. The molecule has 39 heavy (non-hydrogen) atoms. The maximum Gasteiger partial charge on any atom is 0.408 e. The van der Waals surface area contributed by atoms with Gasteiger partial charge >= 0.3 is 6.09 Å². The summed E-state index contributed by atoms with van der Waals surface area (Å²) in [6.45, 7) is 10.5. The van der Waals surface area contributed by atoms with Gasteiger partial charge < -0.3 is 24.4 Å². The Morgan fingerprint density at radius 1 is 0.974 bits per heavy atom. The Balaban J connectivity index is 1.57. The van der Waals surface area contributed by atoms with Crippen LogP contribution in [0.1, 0.15) is 49.1 Å². The molecular formula is C32H36N2O5. The Bertz CT molecular complexity index is 1290. The third-order valence-corrected chi connectivity index (χ3v) is 6.27. The lowest BCUT2D eigenvalue weighted by Crippen LogP contribution is -2.45. The number of carbonyl (C=O) groups excluding carboxylic acids is 2. The number of benzene rings is 3. The minimum absolute atomic E-state index is 0.174. The monoisotopic (exact) mass is 528 g/mol. The first kappa shape index (κ1) is 27.8. The second-order valence-electron chi connectivity index (χ2n) is 10.4. The van der Waals surface area contributed by atoms with Gasteiger partial charge in [-0.2, -0.15) is 0 Å². The van der Waals surface area contributed by atoms with E-state index in [1.807, 2.05) is 72.8 Å². The average Bonchev–Trinajstić information content (AvgIpc) is 2.93. The van der Waals surface area contributed by atoms with Gasteiger partial charge in [-0.1, -0.05) is 66.7 Å². The number of carbonyl (C=O) groups is 2. The maximum atomic E-state index is 13.2. The van der Waals surface area contributed by atoms with Gasteiger partial charge in [0.2, 0.25) is 5.91 Å². The summed E-state index contributed by atoms with van der Waals surface area (Å²) >= 11 is 0. The summed E-state index contributed by atoms with van der Waals surface area (Å²) in [5.74, 6) is 1.12. The lowest BCUT2D eigenvalue weighted by atomic mass is 9.91. The van der Waals surface area contributed by atoms with Crippen molar-refractivity contribution >= 4 is 12.0 Å². The Morgan fingerprint density at radius 2 is 1.59 bits per heavy atom. The third kappa shape index (κ3) is 7.63. The second kappa shape index (κ2) is 12.5. The zero-order valence-electron chi connectivity index (χ0n) is 22.8. The molecule has 2 amide bonds. The first-order valence-corrected chi connectivity index (χ1v) is 13.1. The van der Waals surface area contributed by atoms with Gasteiger partial charge in [0, 0.05) is 18.2 Å². The van der Waals surface area contributed by atoms with Crippen LogP contribution in [-0.2, 0) is 29.2 Å². The fourth-order valence-corrected chi connectivity index (χ4v) is 4.50. The highest BCUT2D eigenvalue weighted by Gasteiger charge is 2.32. The number of nitrogens with zero attached hydrogens (tertiary/aromatic N) is 1. The van der Waals surface area contributed by atoms with E-state index in [-0.39, 0.29) is 12.5 Å². The van der Waals surface area contributed by atoms with Crippen molar-refractivity contribution in [2.24, 2.45) is 0 Å². The molecule has 0 saturated carbocycles. The van der Waals surface area contributed by atoms with E-state index >= 15 is 0 Å². The maximum absolute atomic E-state index is 13.2. The van der Waals surface area contributed by atoms with Gasteiger partial charge in [-0.25, -0.2) is 4.79 Å². The van der Waals surface area contributed by atoms with E-state index in [4.69, 9.17) is 14.2 Å². The lowest BCUT2D eigenvalue weighted by Gasteiger charge is -2.37. The quantitative estimate of drug-likeness (QED) is 0.346. The van der Waals surface area contributed by atoms with Crippen LogP contribution in [0.4, 0.5) is 4.79 Å². The van der Waals surface area contributed by atoms with E-state index in [1.54, 1.807) is 31.7 Å². The zero-order valence-corrected chi connectivity index (χ0v) is 22.8. The number of ether oxygens (including phenoxy) is 3. The smallest absolute Gasteiger partial charge is 0.408 e. The summed E-state index contributed by atoms with van der Waals surface area (Å²) in [5.41, 5.74) is 3.37. The summed E-state index contributed by atoms with van der Waals surface area (Å²) < 4.78 is 17.8. The molecule has 0 radical (unpaired) electrons. The molecule has 3 aromatic rings. The fraction of sp³-hybridized carbons (Fsp3) is 0.312. The van der Waals surface area contributed by atoms with Crippen molar-refractivity contribution < 1.29 is 23.8 Å². The number of fused-ring (bicyclic) bond motifs is 1. The van der Waals surface area contributed by atoms with Crippen molar-refractivity contribution in [3.8, 4) is 11.5 Å². The van der Waals surface area contributed by atoms with Crippen LogP contribution in [0.3, 0.4) is 0 Å². The Labute approximate surface area is 230 Å². The van der Waals surface area contributed by atoms with E-state index in [2.05, 4.69) is 11.9 Å². The highest BCUT2D eigenvalue weighted by Crippen LogP contribution is 2.40. The van der Waals surface area contributed by atoms with Crippen LogP contribution >= 0.6 is 0 Å². The Morgan fingerprint density at radius 3 is 2.18 bits per heavy atom. The molecule has 0 fully saturated rings. The molecule has 3 aromatic carbocycles. The molecule has 0 aromatic heterocycles. The van der Waals surface area contributed by atoms with E-state index in [1.165, 1.54) is 0 Å². The highest BCUT2D eigenvalue weighted by molar-refractivity contribution is 5.83. The summed E-state index contributed by atoms with van der Waals surface area (Å²) in [6.07, 6.45) is 1.72. The van der Waals surface area contributed by atoms with Crippen molar-refractivity contribution in [1.82, 2.24) is 10.2 Å². The van der Waals surface area contributed by atoms with Gasteiger partial charge in [-0.15, -0.1) is 6.58 Å². The molecular weight excluding hydrogens is 492 g/mol. The van der Waals surface area contributed by atoms with Crippen LogP contribution in [0.15, 0.2) is 85.5 Å². The van der Waals surface area contributed by atoms with E-state index in [0.717, 1.165) is 22.3 Å². The predicted octanol–water partition coefficient (Wildman–Crippen LogP) is 5.98. The van der Waals surface area contributed by atoms with Crippen molar-refractivity contribution in [3.63, 3.8) is 0 Å². The standard InChI is InChI=1S/C32H36N2O5/c1-5-27-30-25(16-17-34(27)29(35)20-33-31(36)39-32(2,3)4)18-26(37-21-23-12-8-6-9-13-23)19-28(30)38-22-24-14-10-7-11-15-24/h5-15,18-19,27H,1,16-17,20-22H2,2-4H3,(H,33,36)/t27-/m1/s1. The molecule has 204 valence electrons. The van der Waals surface area contributed by atoms with Gasteiger partial charge in [0.15, 0.2) is 0 Å². The number of hydrogen-bond acceptors (Lipinski definition) is 5. The van der Waals surface area contributed by atoms with Gasteiger partial charge in [0.05, 0.1) is 6.04 Å². The van der Waals surface area contributed by atoms with E-state index in [0.29, 0.717) is 37.7 Å². The number of alkyl carbamates (subject to hydrolysis) is 1. The first-order valence-electron chi connectivity index (χ1n) is 13.1. The molecule has 0 spiro atoms. The molecule has 0 unspecified atom stereocenters. The van der Waals surface area contributed by atoms with Crippen molar-refractivity contribution in [3.05, 3.63) is 108 Å². The lowest BCUT2D eigenvalue weighted by molar-refractivity contribution is -0.132. The molecule has 4 rings (SSSR count). The second-order valence-corrected chi connectivity index (χ2v) is 10.4. The average molecular weight is 529 g/mol. The van der Waals surface area contributed by atoms with Crippen LogP contribution < -0.4 is 14.8 Å². The first-order chi connectivity index (χ1) is 18.7. The van der Waals surface area contributed by atoms with Crippen LogP contribution in [-0.4, -0.2) is 35.6 Å². The van der Waals surface area contributed by atoms with Crippen LogP contribution in [0.5, 0.6) is 11.5 Å². The number of hydrogen-bond donors (Lipinski definition) is 1. The summed E-state index contributed by atoms with van der Waals surface area (Å²) in [4.78, 5) is 27.0. The molecule has 7 heteroatoms. The van der Waals surface area contributed by atoms with Crippen LogP contribution in [0.25, 0.3) is 0 Å². The summed E-state index contributed by atoms with van der Waals surface area (Å²) in [7, 11) is 0. The van der Waals surface area contributed by atoms with Gasteiger partial charge in [-0.3, -0.25) is 4.79 Å². The zero-order chi connectivity index (χ0) is 27.8. The fourth-order valence-electron chi connectivity index (χ4n) is 4.50. The van der Waals surface area contributed by atoms with Crippen molar-refractivity contribution in [2.45, 2.75) is 52.0 Å². The number of nitrogens with one attached hydrogen (secondary N) is 1. The molecule has 0 saturated heterocycles. The molecule has 1 aliphatic heterocycles. The van der Waals surface area contributed by atoms with Crippen molar-refractivity contribution in [2.75, 3.05) is 13.1 Å². The summed E-state index contributed by atoms with van der Waals surface area (Å²) in [5, 5.41) is 2.57.